The van der Waals surface area contributed by atoms with E-state index >= 15 is 0 Å². The normalized spacial score (nSPS) is 16.8. The Hall–Kier alpha value is -2.69. The molecule has 166 valence electrons. The number of amides is 1. The minimum absolute atomic E-state index is 0.00882. The fourth-order valence-corrected chi connectivity index (χ4v) is 6.13. The molecule has 1 aliphatic rings. The van der Waals surface area contributed by atoms with Crippen molar-refractivity contribution in [2.75, 3.05) is 26.1 Å². The van der Waals surface area contributed by atoms with Crippen molar-refractivity contribution in [3.8, 4) is 0 Å². The number of methoxy groups -OCH3 is 1. The Morgan fingerprint density at radius 3 is 3.09 bits per heavy atom. The van der Waals surface area contributed by atoms with Gasteiger partial charge in [0.05, 0.1) is 22.7 Å². The largest absolute Gasteiger partial charge is 0.383 e. The summed E-state index contributed by atoms with van der Waals surface area (Å²) in [4.78, 5) is 26.1. The summed E-state index contributed by atoms with van der Waals surface area (Å²) >= 11 is 3.05. The Balaban J connectivity index is 1.42. The number of hydrogen-bond acceptors (Lipinski definition) is 9. The summed E-state index contributed by atoms with van der Waals surface area (Å²) in [6.45, 7) is 2.55. The molecule has 32 heavy (non-hydrogen) atoms. The van der Waals surface area contributed by atoms with Gasteiger partial charge in [-0.1, -0.05) is 4.49 Å². The number of rotatable bonds is 6. The SMILES string of the molecule is COC[C@H](C)N(C)C(=O)[C@H]1CCc2c(sc3ncnc(Nc4ccc5nnsc5c4)c23)C1. The third kappa shape index (κ3) is 3.82. The lowest BCUT2D eigenvalue weighted by molar-refractivity contribution is -0.137. The molecule has 0 fully saturated rings. The number of aryl methyl sites for hydroxylation is 1. The van der Waals surface area contributed by atoms with Crippen molar-refractivity contribution in [3.63, 3.8) is 0 Å². The zero-order valence-electron chi connectivity index (χ0n) is 18.2. The Morgan fingerprint density at radius 1 is 1.38 bits per heavy atom. The molecule has 1 amide bonds. The van der Waals surface area contributed by atoms with Crippen LogP contribution in [0, 0.1) is 5.92 Å². The second kappa shape index (κ2) is 8.68. The third-order valence-corrected chi connectivity index (χ3v) is 7.97. The van der Waals surface area contributed by atoms with Gasteiger partial charge in [0.2, 0.25) is 5.91 Å². The minimum Gasteiger partial charge on any atom is -0.383 e. The summed E-state index contributed by atoms with van der Waals surface area (Å²) in [6.07, 6.45) is 4.02. The summed E-state index contributed by atoms with van der Waals surface area (Å²) in [6, 6.07) is 6.05. The quantitative estimate of drug-likeness (QED) is 0.456. The van der Waals surface area contributed by atoms with Crippen molar-refractivity contribution in [1.82, 2.24) is 24.5 Å². The smallest absolute Gasteiger partial charge is 0.226 e. The molecule has 5 rings (SSSR count). The standard InChI is InChI=1S/C22H24N6O2S2/c1-12(10-30-3)28(2)22(29)13-4-6-15-17(8-13)31-21-19(15)20(23-11-24-21)25-14-5-7-16-18(9-14)32-27-26-16/h5,7,9,11-13H,4,6,8,10H2,1-3H3,(H,23,24,25)/t12-,13-/m0/s1. The van der Waals surface area contributed by atoms with Crippen LogP contribution in [0.2, 0.25) is 0 Å². The zero-order chi connectivity index (χ0) is 22.2. The van der Waals surface area contributed by atoms with E-state index in [1.165, 1.54) is 22.0 Å². The lowest BCUT2D eigenvalue weighted by Crippen LogP contribution is -2.42. The van der Waals surface area contributed by atoms with E-state index in [0.29, 0.717) is 6.61 Å². The van der Waals surface area contributed by atoms with Gasteiger partial charge in [0, 0.05) is 30.6 Å². The highest BCUT2D eigenvalue weighted by Crippen LogP contribution is 2.41. The van der Waals surface area contributed by atoms with Crippen LogP contribution >= 0.6 is 22.9 Å². The Labute approximate surface area is 193 Å². The van der Waals surface area contributed by atoms with Crippen LogP contribution < -0.4 is 5.32 Å². The van der Waals surface area contributed by atoms with E-state index in [1.807, 2.05) is 37.1 Å². The molecule has 2 atom stereocenters. The molecule has 0 saturated heterocycles. The third-order valence-electron chi connectivity index (χ3n) is 6.12. The summed E-state index contributed by atoms with van der Waals surface area (Å²) in [5.74, 6) is 0.985. The monoisotopic (exact) mass is 468 g/mol. The number of ether oxygens (including phenoxy) is 1. The number of nitrogens with zero attached hydrogens (tertiary/aromatic N) is 5. The van der Waals surface area contributed by atoms with E-state index in [2.05, 4.69) is 24.9 Å². The molecule has 8 nitrogen and oxygen atoms in total. The van der Waals surface area contributed by atoms with E-state index in [0.717, 1.165) is 51.2 Å². The number of nitrogens with one attached hydrogen (secondary N) is 1. The maximum Gasteiger partial charge on any atom is 0.226 e. The maximum atomic E-state index is 13.1. The first-order valence-electron chi connectivity index (χ1n) is 10.5. The molecular formula is C22H24N6O2S2. The highest BCUT2D eigenvalue weighted by atomic mass is 32.1. The van der Waals surface area contributed by atoms with Crippen LogP contribution in [0.5, 0.6) is 0 Å². The molecular weight excluding hydrogens is 444 g/mol. The Kier molecular flexibility index (Phi) is 5.75. The summed E-state index contributed by atoms with van der Waals surface area (Å²) < 4.78 is 10.3. The number of anilines is 2. The van der Waals surface area contributed by atoms with Gasteiger partial charge in [0.25, 0.3) is 0 Å². The van der Waals surface area contributed by atoms with Crippen LogP contribution in [0.25, 0.3) is 20.4 Å². The highest BCUT2D eigenvalue weighted by molar-refractivity contribution is 7.19. The van der Waals surface area contributed by atoms with Crippen LogP contribution in [-0.4, -0.2) is 57.2 Å². The van der Waals surface area contributed by atoms with Gasteiger partial charge in [0.1, 0.15) is 22.5 Å². The van der Waals surface area contributed by atoms with Crippen molar-refractivity contribution in [2.45, 2.75) is 32.2 Å². The molecule has 1 N–H and O–H groups in total. The number of aromatic nitrogens is 4. The number of fused-ring (bicyclic) bond motifs is 4. The molecule has 4 aromatic rings. The van der Waals surface area contributed by atoms with Gasteiger partial charge < -0.3 is 15.0 Å². The zero-order valence-corrected chi connectivity index (χ0v) is 19.8. The lowest BCUT2D eigenvalue weighted by atomic mass is 9.86. The van der Waals surface area contributed by atoms with Crippen LogP contribution in [0.4, 0.5) is 11.5 Å². The average Bonchev–Trinajstić information content (AvgIpc) is 3.42. The fraction of sp³-hybridized carbons (Fsp3) is 0.409. The van der Waals surface area contributed by atoms with Gasteiger partial charge in [0.15, 0.2) is 0 Å². The summed E-state index contributed by atoms with van der Waals surface area (Å²) in [7, 11) is 3.53. The fourth-order valence-electron chi connectivity index (χ4n) is 4.27. The molecule has 0 spiro atoms. The van der Waals surface area contributed by atoms with Gasteiger partial charge in [-0.2, -0.15) is 0 Å². The van der Waals surface area contributed by atoms with Crippen molar-refractivity contribution in [2.24, 2.45) is 5.92 Å². The van der Waals surface area contributed by atoms with Crippen molar-refractivity contribution >= 4 is 60.7 Å². The highest BCUT2D eigenvalue weighted by Gasteiger charge is 2.31. The van der Waals surface area contributed by atoms with Crippen molar-refractivity contribution in [3.05, 3.63) is 35.0 Å². The Morgan fingerprint density at radius 2 is 2.25 bits per heavy atom. The molecule has 3 heterocycles. The molecule has 0 unspecified atom stereocenters. The van der Waals surface area contributed by atoms with E-state index in [9.17, 15) is 4.79 Å². The molecule has 0 saturated carbocycles. The van der Waals surface area contributed by atoms with Crippen molar-refractivity contribution < 1.29 is 9.53 Å². The molecule has 0 radical (unpaired) electrons. The van der Waals surface area contributed by atoms with E-state index in [4.69, 9.17) is 4.74 Å². The van der Waals surface area contributed by atoms with Gasteiger partial charge in [-0.25, -0.2) is 9.97 Å². The number of carbonyl (C=O) groups excluding carboxylic acids is 1. The number of hydrogen-bond donors (Lipinski definition) is 1. The predicted octanol–water partition coefficient (Wildman–Crippen LogP) is 4.04. The minimum atomic E-state index is -0.00882. The molecule has 1 aliphatic carbocycles. The van der Waals surface area contributed by atoms with Crippen molar-refractivity contribution in [1.29, 1.82) is 0 Å². The number of benzene rings is 1. The first kappa shape index (κ1) is 21.2. The summed E-state index contributed by atoms with van der Waals surface area (Å²) in [5, 5.41) is 8.63. The second-order valence-corrected chi connectivity index (χ2v) is 10.0. The van der Waals surface area contributed by atoms with E-state index in [1.54, 1.807) is 24.8 Å². The molecule has 0 bridgehead atoms. The van der Waals surface area contributed by atoms with E-state index in [-0.39, 0.29) is 17.9 Å². The van der Waals surface area contributed by atoms with Gasteiger partial charge in [-0.05, 0) is 61.5 Å². The van der Waals surface area contributed by atoms with Gasteiger partial charge in [-0.15, -0.1) is 16.4 Å². The van der Waals surface area contributed by atoms with Gasteiger partial charge in [-0.3, -0.25) is 4.79 Å². The van der Waals surface area contributed by atoms with Crippen LogP contribution in [0.15, 0.2) is 24.5 Å². The molecule has 3 aromatic heterocycles. The average molecular weight is 469 g/mol. The van der Waals surface area contributed by atoms with E-state index < -0.39 is 0 Å². The topological polar surface area (TPSA) is 93.1 Å². The van der Waals surface area contributed by atoms with Crippen LogP contribution in [0.1, 0.15) is 23.8 Å². The number of likely N-dealkylation sites (N-methyl/N-ethyl adjacent to an activating group) is 1. The second-order valence-electron chi connectivity index (χ2n) is 8.18. The lowest BCUT2D eigenvalue weighted by Gasteiger charge is -2.30. The summed E-state index contributed by atoms with van der Waals surface area (Å²) in [5.41, 5.74) is 3.10. The van der Waals surface area contributed by atoms with Crippen LogP contribution in [-0.2, 0) is 22.4 Å². The van der Waals surface area contributed by atoms with Gasteiger partial charge >= 0.3 is 0 Å². The maximum absolute atomic E-state index is 13.1. The number of thiophene rings is 1. The number of carbonyl (C=O) groups is 1. The molecule has 0 aliphatic heterocycles. The molecule has 1 aromatic carbocycles. The Bertz CT molecular complexity index is 1290. The molecule has 10 heteroatoms. The predicted molar refractivity (Wildman–Crippen MR) is 128 cm³/mol. The van der Waals surface area contributed by atoms with Crippen LogP contribution in [0.3, 0.4) is 0 Å². The first-order valence-corrected chi connectivity index (χ1v) is 12.1. The first-order chi connectivity index (χ1) is 15.5.